The minimum atomic E-state index is 0.289. The first-order valence-electron chi connectivity index (χ1n) is 8.44. The number of nitrogens with one attached hydrogen (secondary N) is 1. The van der Waals surface area contributed by atoms with Crippen molar-refractivity contribution in [2.75, 3.05) is 59.4 Å². The molecule has 0 spiro atoms. The van der Waals surface area contributed by atoms with Gasteiger partial charge in [-0.25, -0.2) is 0 Å². The summed E-state index contributed by atoms with van der Waals surface area (Å²) in [7, 11) is 2.23. The lowest BCUT2D eigenvalue weighted by atomic mass is 9.92. The summed E-state index contributed by atoms with van der Waals surface area (Å²) in [6, 6.07) is 0.764. The third kappa shape index (κ3) is 3.19. The van der Waals surface area contributed by atoms with Crippen LogP contribution in [0.2, 0.25) is 0 Å². The van der Waals surface area contributed by atoms with Gasteiger partial charge in [0.15, 0.2) is 0 Å². The molecule has 0 aromatic rings. The molecule has 0 aromatic heterocycles. The number of hydrogen-bond donors (Lipinski definition) is 1. The Morgan fingerprint density at radius 1 is 1.00 bits per heavy atom. The Bertz CT molecular complexity index is 322. The number of rotatable bonds is 4. The SMILES string of the molecule is CN1CCN(C(C)(C)CNC2CCN3CCC2C3)CC1. The van der Waals surface area contributed by atoms with E-state index in [1.165, 1.54) is 58.7 Å². The van der Waals surface area contributed by atoms with Crippen molar-refractivity contribution in [1.82, 2.24) is 20.0 Å². The van der Waals surface area contributed by atoms with E-state index in [9.17, 15) is 0 Å². The van der Waals surface area contributed by atoms with Crippen molar-refractivity contribution in [3.05, 3.63) is 0 Å². The summed E-state index contributed by atoms with van der Waals surface area (Å²) in [6.45, 7) is 14.8. The van der Waals surface area contributed by atoms with Crippen molar-refractivity contribution in [1.29, 1.82) is 0 Å². The van der Waals surface area contributed by atoms with Crippen LogP contribution < -0.4 is 5.32 Å². The van der Waals surface area contributed by atoms with Crippen LogP contribution in [-0.2, 0) is 0 Å². The van der Waals surface area contributed by atoms with Gasteiger partial charge in [0.1, 0.15) is 0 Å². The van der Waals surface area contributed by atoms with Crippen LogP contribution >= 0.6 is 0 Å². The molecule has 0 aliphatic carbocycles. The van der Waals surface area contributed by atoms with E-state index in [1.807, 2.05) is 0 Å². The first-order valence-corrected chi connectivity index (χ1v) is 8.44. The van der Waals surface area contributed by atoms with Crippen LogP contribution in [0.3, 0.4) is 0 Å². The van der Waals surface area contributed by atoms with E-state index >= 15 is 0 Å². The molecule has 4 nitrogen and oxygen atoms in total. The van der Waals surface area contributed by atoms with Gasteiger partial charge in [-0.2, -0.15) is 0 Å². The molecule has 3 aliphatic rings. The largest absolute Gasteiger partial charge is 0.312 e. The molecule has 3 rings (SSSR count). The Kier molecular flexibility index (Phi) is 4.37. The zero-order valence-corrected chi connectivity index (χ0v) is 13.6. The third-order valence-corrected chi connectivity index (χ3v) is 5.79. The van der Waals surface area contributed by atoms with E-state index in [1.54, 1.807) is 0 Å². The average molecular weight is 280 g/mol. The van der Waals surface area contributed by atoms with E-state index in [2.05, 4.69) is 40.9 Å². The van der Waals surface area contributed by atoms with Gasteiger partial charge >= 0.3 is 0 Å². The molecule has 20 heavy (non-hydrogen) atoms. The fraction of sp³-hybridized carbons (Fsp3) is 1.00. The van der Waals surface area contributed by atoms with Gasteiger partial charge in [-0.15, -0.1) is 0 Å². The smallest absolute Gasteiger partial charge is 0.0278 e. The molecular weight excluding hydrogens is 248 g/mol. The minimum absolute atomic E-state index is 0.289. The molecule has 0 saturated carbocycles. The van der Waals surface area contributed by atoms with E-state index < -0.39 is 0 Å². The van der Waals surface area contributed by atoms with Crippen molar-refractivity contribution < 1.29 is 0 Å². The number of hydrogen-bond acceptors (Lipinski definition) is 4. The predicted molar refractivity (Wildman–Crippen MR) is 84.1 cm³/mol. The Labute approximate surface area is 124 Å². The number of likely N-dealkylation sites (N-methyl/N-ethyl adjacent to an activating group) is 1. The molecule has 3 unspecified atom stereocenters. The summed E-state index contributed by atoms with van der Waals surface area (Å²) in [5.41, 5.74) is 0.289. The summed E-state index contributed by atoms with van der Waals surface area (Å²) >= 11 is 0. The number of piperazine rings is 1. The summed E-state index contributed by atoms with van der Waals surface area (Å²) in [5, 5.41) is 3.92. The molecule has 3 saturated heterocycles. The lowest BCUT2D eigenvalue weighted by Gasteiger charge is -2.44. The highest BCUT2D eigenvalue weighted by molar-refractivity contribution is 4.94. The quantitative estimate of drug-likeness (QED) is 0.818. The van der Waals surface area contributed by atoms with Gasteiger partial charge < -0.3 is 15.1 Å². The average Bonchev–Trinajstić information content (AvgIpc) is 2.81. The van der Waals surface area contributed by atoms with Crippen LogP contribution in [-0.4, -0.2) is 85.7 Å². The van der Waals surface area contributed by atoms with Crippen LogP contribution in [0.25, 0.3) is 0 Å². The highest BCUT2D eigenvalue weighted by Crippen LogP contribution is 2.27. The van der Waals surface area contributed by atoms with Crippen molar-refractivity contribution in [2.45, 2.75) is 38.3 Å². The third-order valence-electron chi connectivity index (χ3n) is 5.79. The minimum Gasteiger partial charge on any atom is -0.312 e. The Hall–Kier alpha value is -0.160. The molecule has 4 heteroatoms. The predicted octanol–water partition coefficient (Wildman–Crippen LogP) is 0.696. The van der Waals surface area contributed by atoms with Crippen LogP contribution in [0.1, 0.15) is 26.7 Å². The summed E-state index contributed by atoms with van der Waals surface area (Å²) in [4.78, 5) is 7.74. The van der Waals surface area contributed by atoms with Crippen molar-refractivity contribution in [2.24, 2.45) is 5.92 Å². The number of nitrogens with zero attached hydrogens (tertiary/aromatic N) is 3. The van der Waals surface area contributed by atoms with E-state index in [-0.39, 0.29) is 5.54 Å². The summed E-state index contributed by atoms with van der Waals surface area (Å²) in [6.07, 6.45) is 2.76. The maximum absolute atomic E-state index is 3.92. The summed E-state index contributed by atoms with van der Waals surface area (Å²) < 4.78 is 0. The first-order chi connectivity index (χ1) is 9.54. The second-order valence-corrected chi connectivity index (χ2v) is 7.73. The molecule has 2 bridgehead atoms. The van der Waals surface area contributed by atoms with Crippen LogP contribution in [0.5, 0.6) is 0 Å². The fourth-order valence-corrected chi connectivity index (χ4v) is 4.12. The fourth-order valence-electron chi connectivity index (χ4n) is 4.12. The molecule has 3 heterocycles. The van der Waals surface area contributed by atoms with Gasteiger partial charge in [0, 0.05) is 50.8 Å². The van der Waals surface area contributed by atoms with Crippen LogP contribution in [0, 0.1) is 5.92 Å². The first kappa shape index (κ1) is 14.8. The van der Waals surface area contributed by atoms with Gasteiger partial charge in [0.25, 0.3) is 0 Å². The van der Waals surface area contributed by atoms with Gasteiger partial charge in [-0.1, -0.05) is 0 Å². The highest BCUT2D eigenvalue weighted by Gasteiger charge is 2.36. The maximum Gasteiger partial charge on any atom is 0.0278 e. The van der Waals surface area contributed by atoms with Gasteiger partial charge in [-0.3, -0.25) is 4.90 Å². The Morgan fingerprint density at radius 3 is 2.45 bits per heavy atom. The van der Waals surface area contributed by atoms with Gasteiger partial charge in [-0.05, 0) is 52.7 Å². The van der Waals surface area contributed by atoms with E-state index in [4.69, 9.17) is 0 Å². The molecule has 3 atom stereocenters. The van der Waals surface area contributed by atoms with Gasteiger partial charge in [0.05, 0.1) is 0 Å². The molecule has 0 aromatic carbocycles. The standard InChI is InChI=1S/C16H32N4/c1-16(2,20-10-8-18(3)9-11-20)13-17-15-5-7-19-6-4-14(15)12-19/h14-15,17H,4-13H2,1-3H3. The summed E-state index contributed by atoms with van der Waals surface area (Å²) in [5.74, 6) is 0.909. The Morgan fingerprint density at radius 2 is 1.70 bits per heavy atom. The van der Waals surface area contributed by atoms with Crippen LogP contribution in [0.15, 0.2) is 0 Å². The van der Waals surface area contributed by atoms with E-state index in [0.717, 1.165) is 18.5 Å². The van der Waals surface area contributed by atoms with Gasteiger partial charge in [0.2, 0.25) is 0 Å². The van der Waals surface area contributed by atoms with Crippen molar-refractivity contribution in [3.8, 4) is 0 Å². The zero-order chi connectivity index (χ0) is 14.2. The monoisotopic (exact) mass is 280 g/mol. The molecule has 0 radical (unpaired) electrons. The van der Waals surface area contributed by atoms with Crippen LogP contribution in [0.4, 0.5) is 0 Å². The highest BCUT2D eigenvalue weighted by atomic mass is 15.3. The number of fused-ring (bicyclic) bond motifs is 2. The molecule has 3 aliphatic heterocycles. The normalized spacial score (nSPS) is 36.5. The second kappa shape index (κ2) is 5.91. The van der Waals surface area contributed by atoms with Crippen molar-refractivity contribution in [3.63, 3.8) is 0 Å². The van der Waals surface area contributed by atoms with E-state index in [0.29, 0.717) is 0 Å². The zero-order valence-electron chi connectivity index (χ0n) is 13.6. The Balaban J connectivity index is 1.49. The lowest BCUT2D eigenvalue weighted by molar-refractivity contribution is 0.0570. The molecule has 0 amide bonds. The second-order valence-electron chi connectivity index (χ2n) is 7.73. The molecule has 1 N–H and O–H groups in total. The maximum atomic E-state index is 3.92. The molecule has 3 fully saturated rings. The number of piperidine rings is 1. The van der Waals surface area contributed by atoms with Crippen molar-refractivity contribution >= 4 is 0 Å². The molecular formula is C16H32N4. The lowest BCUT2D eigenvalue weighted by Crippen LogP contribution is -2.59. The molecule has 116 valence electrons. The topological polar surface area (TPSA) is 21.8 Å².